The van der Waals surface area contributed by atoms with Gasteiger partial charge in [0.2, 0.25) is 0 Å². The number of ether oxygens (including phenoxy) is 1. The highest BCUT2D eigenvalue weighted by Crippen LogP contribution is 2.27. The normalized spacial score (nSPS) is 10.8. The molecule has 0 spiro atoms. The van der Waals surface area contributed by atoms with Gasteiger partial charge in [0, 0.05) is 17.0 Å². The molecule has 0 aliphatic carbocycles. The Hall–Kier alpha value is -1.30. The van der Waals surface area contributed by atoms with Gasteiger partial charge in [-0.15, -0.1) is 11.6 Å². The summed E-state index contributed by atoms with van der Waals surface area (Å²) in [5, 5.41) is 0. The van der Waals surface area contributed by atoms with E-state index in [9.17, 15) is 18.0 Å². The number of hydrogen-bond donors (Lipinski definition) is 0. The summed E-state index contributed by atoms with van der Waals surface area (Å²) in [6.45, 7) is 1.72. The minimum atomic E-state index is -2.87. The fourth-order valence-electron chi connectivity index (χ4n) is 1.47. The highest BCUT2D eigenvalue weighted by atomic mass is 35.5. The Bertz CT molecular complexity index is 441. The first kappa shape index (κ1) is 14.8. The first-order valence-corrected chi connectivity index (χ1v) is 5.70. The van der Waals surface area contributed by atoms with Crippen LogP contribution >= 0.6 is 11.6 Å². The van der Waals surface area contributed by atoms with E-state index in [0.717, 1.165) is 0 Å². The third kappa shape index (κ3) is 3.35. The summed E-state index contributed by atoms with van der Waals surface area (Å²) in [5.41, 5.74) is -0.945. The summed E-state index contributed by atoms with van der Waals surface area (Å²) in [6.07, 6.45) is -2.66. The van der Waals surface area contributed by atoms with Crippen LogP contribution in [0.4, 0.5) is 13.2 Å². The molecule has 0 radical (unpaired) electrons. The lowest BCUT2D eigenvalue weighted by Gasteiger charge is -2.12. The van der Waals surface area contributed by atoms with Crippen LogP contribution in [0.15, 0.2) is 6.20 Å². The van der Waals surface area contributed by atoms with Crippen LogP contribution in [-0.2, 0) is 21.8 Å². The lowest BCUT2D eigenvalue weighted by atomic mass is 10.0. The molecule has 0 fully saturated rings. The standard InChI is InChI=1S/C11H11ClF3NO2/c1-2-18-9(17)3-6-7(4-12)10(11(14)15)16-5-8(6)13/h5,11H,2-4H2,1H3. The van der Waals surface area contributed by atoms with E-state index in [1.54, 1.807) is 6.92 Å². The molecule has 0 aliphatic rings. The maximum Gasteiger partial charge on any atom is 0.310 e. The number of halogens is 4. The highest BCUT2D eigenvalue weighted by molar-refractivity contribution is 6.17. The average molecular weight is 282 g/mol. The third-order valence-corrected chi connectivity index (χ3v) is 2.51. The molecule has 0 saturated heterocycles. The van der Waals surface area contributed by atoms with Gasteiger partial charge < -0.3 is 4.74 Å². The van der Waals surface area contributed by atoms with Crippen LogP contribution in [0.25, 0.3) is 0 Å². The molecular formula is C11H11ClF3NO2. The van der Waals surface area contributed by atoms with Crippen molar-refractivity contribution in [1.82, 2.24) is 4.98 Å². The second-order valence-electron chi connectivity index (χ2n) is 3.36. The van der Waals surface area contributed by atoms with Gasteiger partial charge in [0.05, 0.1) is 19.2 Å². The maximum absolute atomic E-state index is 13.5. The van der Waals surface area contributed by atoms with Crippen molar-refractivity contribution in [3.63, 3.8) is 0 Å². The fraction of sp³-hybridized carbons (Fsp3) is 0.455. The van der Waals surface area contributed by atoms with Crippen LogP contribution in [0, 0.1) is 5.82 Å². The molecule has 100 valence electrons. The van der Waals surface area contributed by atoms with E-state index in [2.05, 4.69) is 9.72 Å². The average Bonchev–Trinajstić information content (AvgIpc) is 2.31. The monoisotopic (exact) mass is 281 g/mol. The molecule has 1 rings (SSSR count). The Morgan fingerprint density at radius 2 is 2.17 bits per heavy atom. The molecule has 0 bridgehead atoms. The molecule has 3 nitrogen and oxygen atoms in total. The van der Waals surface area contributed by atoms with E-state index in [4.69, 9.17) is 11.6 Å². The second kappa shape index (κ2) is 6.58. The molecule has 0 atom stereocenters. The fourth-order valence-corrected chi connectivity index (χ4v) is 1.76. The minimum absolute atomic E-state index is 0.128. The molecule has 0 aromatic carbocycles. The number of rotatable bonds is 5. The lowest BCUT2D eigenvalue weighted by molar-refractivity contribution is -0.142. The Labute approximate surface area is 107 Å². The summed E-state index contributed by atoms with van der Waals surface area (Å²) in [6, 6.07) is 0. The van der Waals surface area contributed by atoms with Crippen molar-refractivity contribution in [3.05, 3.63) is 28.8 Å². The van der Waals surface area contributed by atoms with Gasteiger partial charge >= 0.3 is 5.97 Å². The number of esters is 1. The van der Waals surface area contributed by atoms with Gasteiger partial charge in [-0.2, -0.15) is 0 Å². The minimum Gasteiger partial charge on any atom is -0.466 e. The van der Waals surface area contributed by atoms with Crippen molar-refractivity contribution in [2.24, 2.45) is 0 Å². The van der Waals surface area contributed by atoms with Crippen molar-refractivity contribution in [3.8, 4) is 0 Å². The molecule has 0 aliphatic heterocycles. The van der Waals surface area contributed by atoms with Gasteiger partial charge in [0.15, 0.2) is 0 Å². The van der Waals surface area contributed by atoms with Crippen molar-refractivity contribution in [2.75, 3.05) is 6.61 Å². The van der Waals surface area contributed by atoms with E-state index in [1.165, 1.54) is 0 Å². The molecular weight excluding hydrogens is 271 g/mol. The summed E-state index contributed by atoms with van der Waals surface area (Å²) in [7, 11) is 0. The van der Waals surface area contributed by atoms with Gasteiger partial charge in [-0.25, -0.2) is 13.2 Å². The van der Waals surface area contributed by atoms with Crippen LogP contribution in [0.5, 0.6) is 0 Å². The number of alkyl halides is 3. The number of carbonyl (C=O) groups is 1. The van der Waals surface area contributed by atoms with Crippen LogP contribution in [0.1, 0.15) is 30.2 Å². The zero-order valence-electron chi connectivity index (χ0n) is 9.55. The van der Waals surface area contributed by atoms with E-state index in [-0.39, 0.29) is 23.6 Å². The van der Waals surface area contributed by atoms with E-state index in [0.29, 0.717) is 6.20 Å². The summed E-state index contributed by atoms with van der Waals surface area (Å²) in [5.74, 6) is -1.89. The number of nitrogens with zero attached hydrogens (tertiary/aromatic N) is 1. The summed E-state index contributed by atoms with van der Waals surface area (Å²) in [4.78, 5) is 14.6. The molecule has 1 aromatic rings. The number of aromatic nitrogens is 1. The molecule has 18 heavy (non-hydrogen) atoms. The smallest absolute Gasteiger partial charge is 0.310 e. The molecule has 0 N–H and O–H groups in total. The maximum atomic E-state index is 13.5. The van der Waals surface area contributed by atoms with Crippen molar-refractivity contribution in [2.45, 2.75) is 25.7 Å². The van der Waals surface area contributed by atoms with Crippen molar-refractivity contribution in [1.29, 1.82) is 0 Å². The van der Waals surface area contributed by atoms with Gasteiger partial charge in [-0.3, -0.25) is 9.78 Å². The zero-order chi connectivity index (χ0) is 13.7. The van der Waals surface area contributed by atoms with Crippen LogP contribution in [-0.4, -0.2) is 17.6 Å². The Kier molecular flexibility index (Phi) is 5.40. The topological polar surface area (TPSA) is 39.2 Å². The lowest BCUT2D eigenvalue weighted by Crippen LogP contribution is -2.13. The first-order chi connectivity index (χ1) is 8.51. The summed E-state index contributed by atoms with van der Waals surface area (Å²) < 4.78 is 43.5. The predicted octanol–water partition coefficient (Wildman–Crippen LogP) is 3.00. The molecule has 1 heterocycles. The van der Waals surface area contributed by atoms with E-state index >= 15 is 0 Å². The molecule has 1 aromatic heterocycles. The third-order valence-electron chi connectivity index (χ3n) is 2.25. The Morgan fingerprint density at radius 1 is 1.50 bits per heavy atom. The SMILES string of the molecule is CCOC(=O)Cc1c(F)cnc(C(F)F)c1CCl. The van der Waals surface area contributed by atoms with Gasteiger partial charge in [-0.1, -0.05) is 0 Å². The Balaban J connectivity index is 3.15. The van der Waals surface area contributed by atoms with Crippen LogP contribution in [0.2, 0.25) is 0 Å². The van der Waals surface area contributed by atoms with Crippen LogP contribution in [0.3, 0.4) is 0 Å². The van der Waals surface area contributed by atoms with Gasteiger partial charge in [-0.05, 0) is 6.92 Å². The highest BCUT2D eigenvalue weighted by Gasteiger charge is 2.22. The Morgan fingerprint density at radius 3 is 2.67 bits per heavy atom. The number of hydrogen-bond acceptors (Lipinski definition) is 3. The predicted molar refractivity (Wildman–Crippen MR) is 59.0 cm³/mol. The van der Waals surface area contributed by atoms with Crippen LogP contribution < -0.4 is 0 Å². The van der Waals surface area contributed by atoms with Gasteiger partial charge in [0.1, 0.15) is 11.5 Å². The molecule has 0 amide bonds. The second-order valence-corrected chi connectivity index (χ2v) is 3.63. The molecule has 0 unspecified atom stereocenters. The molecule has 0 saturated carbocycles. The van der Waals surface area contributed by atoms with E-state index < -0.39 is 30.3 Å². The quantitative estimate of drug-likeness (QED) is 0.615. The van der Waals surface area contributed by atoms with Gasteiger partial charge in [0.25, 0.3) is 6.43 Å². The summed E-state index contributed by atoms with van der Waals surface area (Å²) >= 11 is 5.52. The van der Waals surface area contributed by atoms with E-state index in [1.807, 2.05) is 0 Å². The van der Waals surface area contributed by atoms with Crippen molar-refractivity contribution < 1.29 is 22.7 Å². The number of carbonyl (C=O) groups excluding carboxylic acids is 1. The zero-order valence-corrected chi connectivity index (χ0v) is 10.3. The largest absolute Gasteiger partial charge is 0.466 e. The first-order valence-electron chi connectivity index (χ1n) is 5.17. The molecule has 7 heteroatoms. The van der Waals surface area contributed by atoms with Crippen molar-refractivity contribution >= 4 is 17.6 Å². The number of pyridine rings is 1.